The minimum absolute atomic E-state index is 0.0305. The topological polar surface area (TPSA) is 89.7 Å². The van der Waals surface area contributed by atoms with E-state index in [9.17, 15) is 14.4 Å². The van der Waals surface area contributed by atoms with Gasteiger partial charge in [-0.15, -0.1) is 11.3 Å². The summed E-state index contributed by atoms with van der Waals surface area (Å²) < 4.78 is 10.6. The zero-order chi connectivity index (χ0) is 21.7. The Morgan fingerprint density at radius 1 is 1.19 bits per heavy atom. The van der Waals surface area contributed by atoms with Crippen molar-refractivity contribution in [2.75, 3.05) is 12.0 Å². The number of anilines is 1. The molecule has 2 aromatic carbocycles. The van der Waals surface area contributed by atoms with Crippen molar-refractivity contribution >= 4 is 50.9 Å². The predicted molar refractivity (Wildman–Crippen MR) is 116 cm³/mol. The van der Waals surface area contributed by atoms with E-state index in [1.165, 1.54) is 29.4 Å². The third-order valence-corrected chi connectivity index (χ3v) is 6.11. The molecular formula is C22H13ClN2O5S. The molecule has 7 nitrogen and oxygen atoms in total. The van der Waals surface area contributed by atoms with E-state index in [-0.39, 0.29) is 27.7 Å². The summed E-state index contributed by atoms with van der Waals surface area (Å²) in [6.45, 7) is 0. The normalized spacial score (nSPS) is 15.4. The fourth-order valence-electron chi connectivity index (χ4n) is 3.71. The number of esters is 1. The molecule has 1 amide bonds. The average molecular weight is 453 g/mol. The number of carbonyl (C=O) groups is 2. The van der Waals surface area contributed by atoms with Crippen molar-refractivity contribution in [1.29, 1.82) is 0 Å². The lowest BCUT2D eigenvalue weighted by atomic mass is 9.97. The summed E-state index contributed by atoms with van der Waals surface area (Å²) in [5.74, 6) is -0.968. The summed E-state index contributed by atoms with van der Waals surface area (Å²) in [5, 5.41) is 2.85. The van der Waals surface area contributed by atoms with Crippen molar-refractivity contribution in [2.45, 2.75) is 6.04 Å². The highest BCUT2D eigenvalue weighted by molar-refractivity contribution is 7.13. The molecule has 0 fully saturated rings. The van der Waals surface area contributed by atoms with Crippen LogP contribution >= 0.6 is 22.9 Å². The Bertz CT molecular complexity index is 1400. The number of hydrogen-bond donors (Lipinski definition) is 0. The van der Waals surface area contributed by atoms with E-state index in [4.69, 9.17) is 20.8 Å². The van der Waals surface area contributed by atoms with Crippen LogP contribution in [0.4, 0.5) is 5.13 Å². The van der Waals surface area contributed by atoms with E-state index in [0.29, 0.717) is 21.3 Å². The number of methoxy groups -OCH3 is 1. The molecule has 154 valence electrons. The van der Waals surface area contributed by atoms with Crippen LogP contribution in [0.3, 0.4) is 0 Å². The van der Waals surface area contributed by atoms with Crippen molar-refractivity contribution in [3.8, 4) is 0 Å². The monoisotopic (exact) mass is 452 g/mol. The first-order chi connectivity index (χ1) is 15.0. The van der Waals surface area contributed by atoms with Gasteiger partial charge in [0.1, 0.15) is 5.58 Å². The number of nitrogens with zero attached hydrogens (tertiary/aromatic N) is 2. The molecule has 3 heterocycles. The molecule has 1 aliphatic heterocycles. The summed E-state index contributed by atoms with van der Waals surface area (Å²) in [5.41, 5.74) is 1.13. The van der Waals surface area contributed by atoms with Crippen LogP contribution in [0.15, 0.2) is 63.3 Å². The molecule has 5 rings (SSSR count). The number of carbonyl (C=O) groups excluding carboxylic acids is 2. The van der Waals surface area contributed by atoms with Crippen LogP contribution in [0, 0.1) is 0 Å². The van der Waals surface area contributed by atoms with Crippen molar-refractivity contribution in [3.05, 3.63) is 91.7 Å². The first-order valence-electron chi connectivity index (χ1n) is 9.17. The van der Waals surface area contributed by atoms with E-state index in [1.54, 1.807) is 48.0 Å². The summed E-state index contributed by atoms with van der Waals surface area (Å²) in [6.07, 6.45) is 1.58. The van der Waals surface area contributed by atoms with Gasteiger partial charge in [-0.2, -0.15) is 0 Å². The number of amides is 1. The minimum Gasteiger partial charge on any atom is -0.465 e. The number of ether oxygens (including phenoxy) is 1. The van der Waals surface area contributed by atoms with E-state index >= 15 is 0 Å². The largest absolute Gasteiger partial charge is 0.465 e. The zero-order valence-electron chi connectivity index (χ0n) is 16.0. The second kappa shape index (κ2) is 7.33. The summed E-state index contributed by atoms with van der Waals surface area (Å²) in [6, 6.07) is 10.5. The zero-order valence-corrected chi connectivity index (χ0v) is 17.6. The second-order valence-corrected chi connectivity index (χ2v) is 8.13. The predicted octanol–water partition coefficient (Wildman–Crippen LogP) is 4.44. The lowest BCUT2D eigenvalue weighted by molar-refractivity contribution is 0.0600. The third kappa shape index (κ3) is 3.03. The Hall–Kier alpha value is -3.49. The number of hydrogen-bond acceptors (Lipinski definition) is 7. The maximum Gasteiger partial charge on any atom is 0.337 e. The highest BCUT2D eigenvalue weighted by atomic mass is 35.5. The molecule has 4 aromatic rings. The molecule has 2 aromatic heterocycles. The summed E-state index contributed by atoms with van der Waals surface area (Å²) >= 11 is 7.36. The number of thiazole rings is 1. The van der Waals surface area contributed by atoms with Crippen LogP contribution < -0.4 is 10.3 Å². The minimum atomic E-state index is -0.764. The maximum absolute atomic E-state index is 13.4. The van der Waals surface area contributed by atoms with E-state index in [2.05, 4.69) is 4.98 Å². The molecule has 0 aliphatic carbocycles. The van der Waals surface area contributed by atoms with Gasteiger partial charge < -0.3 is 9.15 Å². The van der Waals surface area contributed by atoms with Gasteiger partial charge in [-0.25, -0.2) is 9.78 Å². The highest BCUT2D eigenvalue weighted by Crippen LogP contribution is 2.42. The van der Waals surface area contributed by atoms with Crippen molar-refractivity contribution in [2.24, 2.45) is 0 Å². The van der Waals surface area contributed by atoms with Gasteiger partial charge in [-0.05, 0) is 35.9 Å². The molecule has 1 atom stereocenters. The molecular weight excluding hydrogens is 440 g/mol. The van der Waals surface area contributed by atoms with Gasteiger partial charge in [0.2, 0.25) is 5.76 Å². The van der Waals surface area contributed by atoms with Gasteiger partial charge in [-0.3, -0.25) is 14.5 Å². The SMILES string of the molecule is COC(=O)c1ccc([C@H]2c3c(oc4ccc(Cl)cc4c3=O)C(=O)N2c2nccs2)cc1. The fraction of sp³-hybridized carbons (Fsp3) is 0.0909. The molecule has 0 radical (unpaired) electrons. The number of halogens is 1. The molecule has 0 saturated carbocycles. The molecule has 0 bridgehead atoms. The maximum atomic E-state index is 13.4. The van der Waals surface area contributed by atoms with E-state index in [0.717, 1.165) is 0 Å². The smallest absolute Gasteiger partial charge is 0.337 e. The Kier molecular flexibility index (Phi) is 4.60. The summed E-state index contributed by atoms with van der Waals surface area (Å²) in [7, 11) is 1.30. The highest BCUT2D eigenvalue weighted by Gasteiger charge is 2.44. The molecule has 1 aliphatic rings. The van der Waals surface area contributed by atoms with Crippen LogP contribution in [0.1, 0.15) is 38.1 Å². The van der Waals surface area contributed by atoms with Crippen LogP contribution in [0.2, 0.25) is 5.02 Å². The Morgan fingerprint density at radius 2 is 1.97 bits per heavy atom. The standard InChI is InChI=1S/C22H13ClN2O5S/c1-29-21(28)12-4-2-11(3-5-12)17-16-18(26)14-10-13(23)6-7-15(14)30-19(16)20(27)25(17)22-24-8-9-31-22/h2-10,17H,1H3/t17-/m0/s1. The van der Waals surface area contributed by atoms with Crippen LogP contribution in [0.5, 0.6) is 0 Å². The van der Waals surface area contributed by atoms with Crippen molar-refractivity contribution in [3.63, 3.8) is 0 Å². The first-order valence-corrected chi connectivity index (χ1v) is 10.4. The molecule has 0 N–H and O–H groups in total. The van der Waals surface area contributed by atoms with Gasteiger partial charge in [0.05, 0.1) is 29.7 Å². The van der Waals surface area contributed by atoms with Crippen LogP contribution in [-0.4, -0.2) is 24.0 Å². The fourth-order valence-corrected chi connectivity index (χ4v) is 4.55. The number of aromatic nitrogens is 1. The van der Waals surface area contributed by atoms with Gasteiger partial charge in [0.25, 0.3) is 5.91 Å². The molecule has 31 heavy (non-hydrogen) atoms. The molecule has 0 unspecified atom stereocenters. The lowest BCUT2D eigenvalue weighted by Crippen LogP contribution is -2.29. The van der Waals surface area contributed by atoms with E-state index in [1.807, 2.05) is 0 Å². The van der Waals surface area contributed by atoms with E-state index < -0.39 is 17.9 Å². The Morgan fingerprint density at radius 3 is 2.65 bits per heavy atom. The Balaban J connectivity index is 1.76. The molecule has 0 spiro atoms. The van der Waals surface area contributed by atoms with Gasteiger partial charge in [0, 0.05) is 16.6 Å². The third-order valence-electron chi connectivity index (χ3n) is 5.11. The number of fused-ring (bicyclic) bond motifs is 2. The quantitative estimate of drug-likeness (QED) is 0.427. The second-order valence-electron chi connectivity index (χ2n) is 6.82. The Labute approximate surface area is 184 Å². The van der Waals surface area contributed by atoms with Crippen molar-refractivity contribution in [1.82, 2.24) is 4.98 Å². The number of benzene rings is 2. The molecule has 9 heteroatoms. The van der Waals surface area contributed by atoms with Gasteiger partial charge in [0.15, 0.2) is 10.6 Å². The van der Waals surface area contributed by atoms with Gasteiger partial charge >= 0.3 is 5.97 Å². The van der Waals surface area contributed by atoms with Crippen molar-refractivity contribution < 1.29 is 18.7 Å². The van der Waals surface area contributed by atoms with Gasteiger partial charge in [-0.1, -0.05) is 23.7 Å². The lowest BCUT2D eigenvalue weighted by Gasteiger charge is -2.22. The average Bonchev–Trinajstić information content (AvgIpc) is 3.40. The number of rotatable bonds is 3. The summed E-state index contributed by atoms with van der Waals surface area (Å²) in [4.78, 5) is 44.3. The van der Waals surface area contributed by atoms with Crippen LogP contribution in [0.25, 0.3) is 11.0 Å². The first kappa shape index (κ1) is 19.5. The van der Waals surface area contributed by atoms with Crippen LogP contribution in [-0.2, 0) is 4.74 Å². The molecule has 0 saturated heterocycles.